The molecule has 0 spiro atoms. The Morgan fingerprint density at radius 1 is 1.04 bits per heavy atom. The van der Waals surface area contributed by atoms with Crippen molar-refractivity contribution >= 4 is 11.3 Å². The predicted octanol–water partition coefficient (Wildman–Crippen LogP) is 2.33. The first-order valence-electron chi connectivity index (χ1n) is 7.09. The van der Waals surface area contributed by atoms with E-state index in [0.29, 0.717) is 11.5 Å². The van der Waals surface area contributed by atoms with Gasteiger partial charge in [-0.2, -0.15) is 0 Å². The summed E-state index contributed by atoms with van der Waals surface area (Å²) in [5.41, 5.74) is 9.90. The molecule has 3 heterocycles. The average Bonchev–Trinajstić information content (AvgIpc) is 2.98. The molecule has 0 aliphatic carbocycles. The summed E-state index contributed by atoms with van der Waals surface area (Å²) in [6.45, 7) is 0. The average molecular weight is 303 g/mol. The number of rotatable bonds is 2. The van der Waals surface area contributed by atoms with Gasteiger partial charge in [0.1, 0.15) is 11.5 Å². The maximum Gasteiger partial charge on any atom is 0.251 e. The smallest absolute Gasteiger partial charge is 0.251 e. The van der Waals surface area contributed by atoms with Gasteiger partial charge >= 0.3 is 0 Å². The number of imidazole rings is 1. The summed E-state index contributed by atoms with van der Waals surface area (Å²) in [6.07, 6.45) is 5.19. The Bertz CT molecular complexity index is 1060. The Hall–Kier alpha value is -3.41. The van der Waals surface area contributed by atoms with Crippen molar-refractivity contribution in [2.75, 3.05) is 5.73 Å². The summed E-state index contributed by atoms with van der Waals surface area (Å²) in [4.78, 5) is 22.8. The predicted molar refractivity (Wildman–Crippen MR) is 88.9 cm³/mol. The van der Waals surface area contributed by atoms with E-state index in [-0.39, 0.29) is 5.56 Å². The minimum atomic E-state index is -0.182. The maximum absolute atomic E-state index is 11.4. The Labute approximate surface area is 131 Å². The topological polar surface area (TPSA) is 89.1 Å². The lowest BCUT2D eigenvalue weighted by molar-refractivity contribution is 1.12. The fourth-order valence-corrected chi connectivity index (χ4v) is 2.56. The van der Waals surface area contributed by atoms with E-state index < -0.39 is 0 Å². The minimum absolute atomic E-state index is 0.182. The van der Waals surface area contributed by atoms with Crippen molar-refractivity contribution in [2.24, 2.45) is 0 Å². The number of hydrogen-bond acceptors (Lipinski definition) is 4. The van der Waals surface area contributed by atoms with Gasteiger partial charge in [-0.3, -0.25) is 9.20 Å². The monoisotopic (exact) mass is 303 g/mol. The van der Waals surface area contributed by atoms with Gasteiger partial charge in [0.25, 0.3) is 5.56 Å². The molecule has 0 aliphatic rings. The van der Waals surface area contributed by atoms with Crippen molar-refractivity contribution in [3.63, 3.8) is 0 Å². The largest absolute Gasteiger partial charge is 0.399 e. The van der Waals surface area contributed by atoms with Crippen LogP contribution in [0.5, 0.6) is 0 Å². The highest BCUT2D eigenvalue weighted by Gasteiger charge is 2.08. The molecule has 1 aromatic carbocycles. The molecular formula is C17H13N5O. The lowest BCUT2D eigenvalue weighted by Crippen LogP contribution is -2.05. The van der Waals surface area contributed by atoms with Gasteiger partial charge < -0.3 is 10.7 Å². The van der Waals surface area contributed by atoms with Crippen LogP contribution in [0.3, 0.4) is 0 Å². The summed E-state index contributed by atoms with van der Waals surface area (Å²) < 4.78 is 1.97. The Kier molecular flexibility index (Phi) is 2.94. The number of nitrogen functional groups attached to an aromatic ring is 1. The van der Waals surface area contributed by atoms with E-state index in [1.807, 2.05) is 47.0 Å². The van der Waals surface area contributed by atoms with Gasteiger partial charge in [-0.05, 0) is 24.3 Å². The first-order chi connectivity index (χ1) is 11.2. The van der Waals surface area contributed by atoms with Crippen molar-refractivity contribution in [3.8, 4) is 22.6 Å². The minimum Gasteiger partial charge on any atom is -0.399 e. The van der Waals surface area contributed by atoms with Crippen molar-refractivity contribution in [3.05, 3.63) is 71.4 Å². The third-order valence-electron chi connectivity index (χ3n) is 3.64. The highest BCUT2D eigenvalue weighted by atomic mass is 16.1. The van der Waals surface area contributed by atoms with Crippen LogP contribution < -0.4 is 11.3 Å². The van der Waals surface area contributed by atoms with Gasteiger partial charge in [0.2, 0.25) is 0 Å². The van der Waals surface area contributed by atoms with Crippen molar-refractivity contribution < 1.29 is 0 Å². The second-order valence-corrected chi connectivity index (χ2v) is 5.20. The van der Waals surface area contributed by atoms with Crippen LogP contribution in [0.1, 0.15) is 0 Å². The van der Waals surface area contributed by atoms with Gasteiger partial charge in [-0.15, -0.1) is 0 Å². The van der Waals surface area contributed by atoms with E-state index in [0.717, 1.165) is 22.5 Å². The molecule has 112 valence electrons. The lowest BCUT2D eigenvalue weighted by atomic mass is 10.1. The molecule has 0 aliphatic heterocycles. The van der Waals surface area contributed by atoms with Crippen LogP contribution in [-0.2, 0) is 0 Å². The third kappa shape index (κ3) is 2.36. The standard InChI is InChI=1S/C17H13N5O/c18-13-3-1-2-11(8-13)14-10-20-15-9-12(5-7-22(14)15)17-19-6-4-16(23)21-17/h1-10H,18H2,(H,19,21,23). The molecule has 3 aromatic heterocycles. The third-order valence-corrected chi connectivity index (χ3v) is 3.64. The molecule has 3 N–H and O–H groups in total. The van der Waals surface area contributed by atoms with Gasteiger partial charge in [-0.25, -0.2) is 9.97 Å². The molecule has 0 fully saturated rings. The number of aromatic nitrogens is 4. The molecule has 0 amide bonds. The molecule has 6 nitrogen and oxygen atoms in total. The number of nitrogens with one attached hydrogen (secondary N) is 1. The van der Waals surface area contributed by atoms with Gasteiger partial charge in [0.05, 0.1) is 11.9 Å². The van der Waals surface area contributed by atoms with Crippen LogP contribution in [0.15, 0.2) is 65.8 Å². The van der Waals surface area contributed by atoms with E-state index in [9.17, 15) is 4.79 Å². The normalized spacial score (nSPS) is 11.0. The second-order valence-electron chi connectivity index (χ2n) is 5.20. The van der Waals surface area contributed by atoms with E-state index in [1.54, 1.807) is 6.20 Å². The van der Waals surface area contributed by atoms with E-state index in [2.05, 4.69) is 15.0 Å². The SMILES string of the molecule is Nc1cccc(-c2cnc3cc(-c4nccc(=O)[nH]4)ccn23)c1. The first-order valence-corrected chi connectivity index (χ1v) is 7.09. The van der Waals surface area contributed by atoms with Crippen LogP contribution >= 0.6 is 0 Å². The molecule has 0 radical (unpaired) electrons. The Morgan fingerprint density at radius 3 is 2.78 bits per heavy atom. The van der Waals surface area contributed by atoms with E-state index >= 15 is 0 Å². The van der Waals surface area contributed by atoms with E-state index in [1.165, 1.54) is 12.3 Å². The van der Waals surface area contributed by atoms with Crippen LogP contribution in [-0.4, -0.2) is 19.4 Å². The number of aromatic amines is 1. The van der Waals surface area contributed by atoms with Crippen LogP contribution in [0.25, 0.3) is 28.3 Å². The van der Waals surface area contributed by atoms with Crippen molar-refractivity contribution in [2.45, 2.75) is 0 Å². The second kappa shape index (κ2) is 5.10. The molecule has 0 saturated carbocycles. The number of pyridine rings is 1. The van der Waals surface area contributed by atoms with Crippen molar-refractivity contribution in [1.29, 1.82) is 0 Å². The quantitative estimate of drug-likeness (QED) is 0.556. The Morgan fingerprint density at radius 2 is 1.96 bits per heavy atom. The molecule has 0 atom stereocenters. The van der Waals surface area contributed by atoms with Gasteiger partial charge in [0, 0.05) is 35.3 Å². The first kappa shape index (κ1) is 13.3. The molecule has 6 heteroatoms. The van der Waals surface area contributed by atoms with Crippen LogP contribution in [0.4, 0.5) is 5.69 Å². The van der Waals surface area contributed by atoms with Gasteiger partial charge in [-0.1, -0.05) is 12.1 Å². The number of nitrogens with two attached hydrogens (primary N) is 1. The Balaban J connectivity index is 1.85. The van der Waals surface area contributed by atoms with E-state index in [4.69, 9.17) is 5.73 Å². The highest BCUT2D eigenvalue weighted by molar-refractivity contribution is 5.69. The maximum atomic E-state index is 11.4. The van der Waals surface area contributed by atoms with Crippen molar-refractivity contribution in [1.82, 2.24) is 19.4 Å². The zero-order chi connectivity index (χ0) is 15.8. The fraction of sp³-hybridized carbons (Fsp3) is 0. The fourth-order valence-electron chi connectivity index (χ4n) is 2.56. The number of hydrogen-bond donors (Lipinski definition) is 2. The molecule has 23 heavy (non-hydrogen) atoms. The molecule has 4 aromatic rings. The molecule has 0 saturated heterocycles. The summed E-state index contributed by atoms with van der Waals surface area (Å²) in [5, 5.41) is 0. The summed E-state index contributed by atoms with van der Waals surface area (Å²) in [7, 11) is 0. The molecule has 4 rings (SSSR count). The summed E-state index contributed by atoms with van der Waals surface area (Å²) >= 11 is 0. The van der Waals surface area contributed by atoms with Crippen LogP contribution in [0.2, 0.25) is 0 Å². The number of nitrogens with zero attached hydrogens (tertiary/aromatic N) is 3. The molecule has 0 unspecified atom stereocenters. The number of H-pyrrole nitrogens is 1. The zero-order valence-electron chi connectivity index (χ0n) is 12.1. The zero-order valence-corrected chi connectivity index (χ0v) is 12.1. The molecular weight excluding hydrogens is 290 g/mol. The summed E-state index contributed by atoms with van der Waals surface area (Å²) in [6, 6.07) is 12.8. The lowest BCUT2D eigenvalue weighted by Gasteiger charge is -2.05. The van der Waals surface area contributed by atoms with Gasteiger partial charge in [0.15, 0.2) is 0 Å². The highest BCUT2D eigenvalue weighted by Crippen LogP contribution is 2.24. The summed E-state index contributed by atoms with van der Waals surface area (Å²) in [5.74, 6) is 0.522. The van der Waals surface area contributed by atoms with Crippen LogP contribution in [0, 0.1) is 0 Å². The number of fused-ring (bicyclic) bond motifs is 1. The number of benzene rings is 1. The number of anilines is 1. The molecule has 0 bridgehead atoms.